The highest BCUT2D eigenvalue weighted by molar-refractivity contribution is 4.66. The Morgan fingerprint density at radius 2 is 2.00 bits per heavy atom. The Morgan fingerprint density at radius 1 is 1.44 bits per heavy atom. The Labute approximate surface area is 56.5 Å². The van der Waals surface area contributed by atoms with E-state index in [1.165, 1.54) is 12.8 Å². The van der Waals surface area contributed by atoms with E-state index in [1.54, 1.807) is 0 Å². The fraction of sp³-hybridized carbons (Fsp3) is 1.00. The molecule has 1 rings (SSSR count). The van der Waals surface area contributed by atoms with E-state index in [0.29, 0.717) is 0 Å². The van der Waals surface area contributed by atoms with E-state index in [-0.39, 0.29) is 6.73 Å². The van der Waals surface area contributed by atoms with E-state index in [2.05, 4.69) is 6.92 Å². The van der Waals surface area contributed by atoms with Gasteiger partial charge in [0.1, 0.15) is 6.73 Å². The molecular weight excluding hydrogens is 114 g/mol. The third-order valence-electron chi connectivity index (χ3n) is 2.06. The van der Waals surface area contributed by atoms with E-state index < -0.39 is 0 Å². The van der Waals surface area contributed by atoms with Gasteiger partial charge in [0.2, 0.25) is 0 Å². The van der Waals surface area contributed by atoms with Crippen molar-refractivity contribution >= 4 is 0 Å². The number of piperidine rings is 1. The zero-order valence-electron chi connectivity index (χ0n) is 5.97. The van der Waals surface area contributed by atoms with Crippen LogP contribution in [0.4, 0.5) is 0 Å². The second-order valence-electron chi connectivity index (χ2n) is 2.93. The number of hydrogen-bond donors (Lipinski definition) is 0. The van der Waals surface area contributed by atoms with Crippen molar-refractivity contribution in [3.05, 3.63) is 0 Å². The Morgan fingerprint density at radius 3 is 2.44 bits per heavy atom. The average molecular weight is 128 g/mol. The van der Waals surface area contributed by atoms with Gasteiger partial charge >= 0.3 is 0 Å². The first-order valence-corrected chi connectivity index (χ1v) is 3.63. The highest BCUT2D eigenvalue weighted by Gasteiger charge is 2.13. The largest absolute Gasteiger partial charge is 0.278 e. The molecule has 0 N–H and O–H groups in total. The molecule has 0 bridgehead atoms. The molecule has 0 aromatic heterocycles. The van der Waals surface area contributed by atoms with Crippen LogP contribution >= 0.6 is 0 Å². The standard InChI is InChI=1S/C7H14NO/c1-7-2-4-8(6-9)5-3-7/h7H,2-6H2,1H3. The molecule has 1 heterocycles. The summed E-state index contributed by atoms with van der Waals surface area (Å²) in [7, 11) is 0. The summed E-state index contributed by atoms with van der Waals surface area (Å²) in [6, 6.07) is 0. The molecule has 1 fully saturated rings. The van der Waals surface area contributed by atoms with Gasteiger partial charge in [0, 0.05) is 13.1 Å². The summed E-state index contributed by atoms with van der Waals surface area (Å²) in [5, 5.41) is 10.3. The molecule has 2 heteroatoms. The topological polar surface area (TPSA) is 23.1 Å². The van der Waals surface area contributed by atoms with E-state index in [0.717, 1.165) is 19.0 Å². The summed E-state index contributed by atoms with van der Waals surface area (Å²) in [4.78, 5) is 1.97. The van der Waals surface area contributed by atoms with E-state index >= 15 is 0 Å². The summed E-state index contributed by atoms with van der Waals surface area (Å²) in [5.41, 5.74) is 0. The van der Waals surface area contributed by atoms with Crippen LogP contribution in [0.5, 0.6) is 0 Å². The molecule has 1 saturated heterocycles. The van der Waals surface area contributed by atoms with Gasteiger partial charge in [-0.25, -0.2) is 5.11 Å². The minimum absolute atomic E-state index is 0.00722. The van der Waals surface area contributed by atoms with Crippen molar-refractivity contribution in [1.29, 1.82) is 0 Å². The van der Waals surface area contributed by atoms with E-state index in [9.17, 15) is 5.11 Å². The third-order valence-corrected chi connectivity index (χ3v) is 2.06. The lowest BCUT2D eigenvalue weighted by Crippen LogP contribution is -2.32. The van der Waals surface area contributed by atoms with Crippen molar-refractivity contribution in [3.63, 3.8) is 0 Å². The van der Waals surface area contributed by atoms with Crippen molar-refractivity contribution in [2.24, 2.45) is 5.92 Å². The van der Waals surface area contributed by atoms with Crippen molar-refractivity contribution in [3.8, 4) is 0 Å². The quantitative estimate of drug-likeness (QED) is 0.518. The predicted molar refractivity (Wildman–Crippen MR) is 35.5 cm³/mol. The molecule has 0 unspecified atom stereocenters. The SMILES string of the molecule is CC1CCN(C[O])CC1. The summed E-state index contributed by atoms with van der Waals surface area (Å²) < 4.78 is 0. The van der Waals surface area contributed by atoms with Gasteiger partial charge in [-0.3, -0.25) is 4.90 Å². The van der Waals surface area contributed by atoms with Gasteiger partial charge in [-0.1, -0.05) is 6.92 Å². The van der Waals surface area contributed by atoms with Crippen molar-refractivity contribution in [2.75, 3.05) is 19.8 Å². The van der Waals surface area contributed by atoms with Gasteiger partial charge in [-0.2, -0.15) is 0 Å². The minimum Gasteiger partial charge on any atom is -0.278 e. The van der Waals surface area contributed by atoms with Crippen LogP contribution in [-0.4, -0.2) is 24.7 Å². The second-order valence-corrected chi connectivity index (χ2v) is 2.93. The van der Waals surface area contributed by atoms with Crippen LogP contribution in [0.25, 0.3) is 0 Å². The van der Waals surface area contributed by atoms with Crippen LogP contribution in [0.2, 0.25) is 0 Å². The lowest BCUT2D eigenvalue weighted by molar-refractivity contribution is 0.0301. The summed E-state index contributed by atoms with van der Waals surface area (Å²) in [6.45, 7) is 4.28. The maximum atomic E-state index is 10.3. The zero-order chi connectivity index (χ0) is 6.69. The molecule has 0 aromatic carbocycles. The van der Waals surface area contributed by atoms with Crippen LogP contribution in [0.3, 0.4) is 0 Å². The fourth-order valence-corrected chi connectivity index (χ4v) is 1.19. The van der Waals surface area contributed by atoms with Crippen LogP contribution in [-0.2, 0) is 5.11 Å². The summed E-state index contributed by atoms with van der Waals surface area (Å²) in [6.07, 6.45) is 2.42. The zero-order valence-corrected chi connectivity index (χ0v) is 5.97. The molecule has 2 nitrogen and oxygen atoms in total. The monoisotopic (exact) mass is 128 g/mol. The molecule has 0 aromatic rings. The van der Waals surface area contributed by atoms with Gasteiger partial charge in [0.25, 0.3) is 0 Å². The fourth-order valence-electron chi connectivity index (χ4n) is 1.19. The Balaban J connectivity index is 2.18. The lowest BCUT2D eigenvalue weighted by Gasteiger charge is -2.27. The van der Waals surface area contributed by atoms with Gasteiger partial charge in [-0.05, 0) is 18.8 Å². The summed E-state index contributed by atoms with van der Waals surface area (Å²) in [5.74, 6) is 0.841. The lowest BCUT2D eigenvalue weighted by atomic mass is 10.00. The molecule has 0 atom stereocenters. The van der Waals surface area contributed by atoms with Crippen LogP contribution in [0, 0.1) is 5.92 Å². The number of rotatable bonds is 1. The normalized spacial score (nSPS) is 24.7. The molecule has 0 aliphatic carbocycles. The minimum atomic E-state index is -0.00722. The molecule has 9 heavy (non-hydrogen) atoms. The first kappa shape index (κ1) is 7.03. The van der Waals surface area contributed by atoms with Crippen molar-refractivity contribution in [1.82, 2.24) is 4.90 Å². The highest BCUT2D eigenvalue weighted by Crippen LogP contribution is 2.14. The Hall–Kier alpha value is -0.0800. The van der Waals surface area contributed by atoms with Crippen molar-refractivity contribution in [2.45, 2.75) is 19.8 Å². The van der Waals surface area contributed by atoms with Crippen molar-refractivity contribution < 1.29 is 5.11 Å². The number of likely N-dealkylation sites (tertiary alicyclic amines) is 1. The maximum Gasteiger partial charge on any atom is 0.135 e. The molecule has 1 radical (unpaired) electrons. The van der Waals surface area contributed by atoms with Crippen LogP contribution < -0.4 is 0 Å². The van der Waals surface area contributed by atoms with Gasteiger partial charge in [-0.15, -0.1) is 0 Å². The molecule has 53 valence electrons. The number of hydrogen-bond acceptors (Lipinski definition) is 1. The maximum absolute atomic E-state index is 10.3. The molecule has 0 spiro atoms. The van der Waals surface area contributed by atoms with Crippen LogP contribution in [0.1, 0.15) is 19.8 Å². The first-order chi connectivity index (χ1) is 4.33. The Kier molecular flexibility index (Phi) is 2.49. The molecule has 0 saturated carbocycles. The average Bonchev–Trinajstić information content (AvgIpc) is 1.90. The predicted octanol–water partition coefficient (Wildman–Crippen LogP) is 1.11. The molecule has 1 aliphatic heterocycles. The molecule has 1 aliphatic rings. The van der Waals surface area contributed by atoms with Crippen LogP contribution in [0.15, 0.2) is 0 Å². The molecular formula is C7H14NO. The first-order valence-electron chi connectivity index (χ1n) is 3.63. The smallest absolute Gasteiger partial charge is 0.135 e. The second kappa shape index (κ2) is 3.18. The van der Waals surface area contributed by atoms with Gasteiger partial charge in [0.15, 0.2) is 0 Å². The van der Waals surface area contributed by atoms with Gasteiger partial charge < -0.3 is 0 Å². The van der Waals surface area contributed by atoms with E-state index in [1.807, 2.05) is 4.90 Å². The third kappa shape index (κ3) is 1.95. The highest BCUT2D eigenvalue weighted by atomic mass is 16.3. The molecule has 0 amide bonds. The number of nitrogens with zero attached hydrogens (tertiary/aromatic N) is 1. The van der Waals surface area contributed by atoms with Gasteiger partial charge in [0.05, 0.1) is 0 Å². The summed E-state index contributed by atoms with van der Waals surface area (Å²) >= 11 is 0. The Bertz CT molecular complexity index is 77.0. The van der Waals surface area contributed by atoms with E-state index in [4.69, 9.17) is 0 Å².